The third-order valence-electron chi connectivity index (χ3n) is 2.17. The number of rotatable bonds is 2. The average molecular weight is 237 g/mol. The first-order valence-electron chi connectivity index (χ1n) is 4.63. The molecule has 0 N–H and O–H groups in total. The van der Waals surface area contributed by atoms with Gasteiger partial charge in [-0.05, 0) is 18.2 Å². The molecule has 0 aliphatic rings. The fourth-order valence-electron chi connectivity index (χ4n) is 1.39. The first kappa shape index (κ1) is 10.8. The average Bonchev–Trinajstić information content (AvgIpc) is 2.63. The first-order chi connectivity index (χ1) is 7.48. The standard InChI is InChI=1S/C10H11N3O2S/c1-13-7-3-4-9(13)8-5-6-11-10(12-8)16(2,14)15/h3-7H,1-2H3. The largest absolute Gasteiger partial charge is 0.349 e. The summed E-state index contributed by atoms with van der Waals surface area (Å²) in [5, 5.41) is -0.147. The molecule has 84 valence electrons. The highest BCUT2D eigenvalue weighted by Gasteiger charge is 2.12. The molecule has 2 aromatic heterocycles. The van der Waals surface area contributed by atoms with Gasteiger partial charge in [0.1, 0.15) is 0 Å². The monoisotopic (exact) mass is 237 g/mol. The molecule has 0 bridgehead atoms. The molecule has 0 atom stereocenters. The topological polar surface area (TPSA) is 64.8 Å². The molecule has 2 rings (SSSR count). The first-order valence-corrected chi connectivity index (χ1v) is 6.52. The van der Waals surface area contributed by atoms with E-state index in [0.29, 0.717) is 5.69 Å². The van der Waals surface area contributed by atoms with Crippen molar-refractivity contribution >= 4 is 9.84 Å². The maximum absolute atomic E-state index is 11.3. The number of hydrogen-bond donors (Lipinski definition) is 0. The highest BCUT2D eigenvalue weighted by molar-refractivity contribution is 7.90. The maximum Gasteiger partial charge on any atom is 0.247 e. The Bertz CT molecular complexity index is 616. The van der Waals surface area contributed by atoms with Gasteiger partial charge in [-0.1, -0.05) is 0 Å². The summed E-state index contributed by atoms with van der Waals surface area (Å²) in [6.45, 7) is 0. The van der Waals surface area contributed by atoms with Crippen molar-refractivity contribution in [1.82, 2.24) is 14.5 Å². The zero-order valence-electron chi connectivity index (χ0n) is 8.95. The Kier molecular flexibility index (Phi) is 2.51. The van der Waals surface area contributed by atoms with Gasteiger partial charge in [0, 0.05) is 25.7 Å². The van der Waals surface area contributed by atoms with Crippen molar-refractivity contribution in [1.29, 1.82) is 0 Å². The minimum Gasteiger partial charge on any atom is -0.349 e. The van der Waals surface area contributed by atoms with Crippen molar-refractivity contribution in [3.8, 4) is 11.4 Å². The fourth-order valence-corrected chi connectivity index (χ4v) is 1.91. The van der Waals surface area contributed by atoms with Gasteiger partial charge in [-0.15, -0.1) is 0 Å². The van der Waals surface area contributed by atoms with Gasteiger partial charge in [-0.25, -0.2) is 18.4 Å². The molecule has 2 heterocycles. The Morgan fingerprint density at radius 3 is 2.62 bits per heavy atom. The molecule has 0 amide bonds. The Morgan fingerprint density at radius 1 is 1.31 bits per heavy atom. The third kappa shape index (κ3) is 1.96. The van der Waals surface area contributed by atoms with E-state index < -0.39 is 9.84 Å². The number of hydrogen-bond acceptors (Lipinski definition) is 4. The van der Waals surface area contributed by atoms with Crippen molar-refractivity contribution in [3.63, 3.8) is 0 Å². The Hall–Kier alpha value is -1.69. The van der Waals surface area contributed by atoms with Gasteiger partial charge in [0.05, 0.1) is 11.4 Å². The van der Waals surface area contributed by atoms with Crippen LogP contribution in [0, 0.1) is 0 Å². The molecule has 5 nitrogen and oxygen atoms in total. The Balaban J connectivity index is 2.57. The minimum atomic E-state index is -3.36. The predicted molar refractivity (Wildman–Crippen MR) is 59.5 cm³/mol. The van der Waals surface area contributed by atoms with Crippen LogP contribution < -0.4 is 0 Å². The number of sulfone groups is 1. The Labute approximate surface area is 93.7 Å². The van der Waals surface area contributed by atoms with Crippen molar-refractivity contribution < 1.29 is 8.42 Å². The summed E-state index contributed by atoms with van der Waals surface area (Å²) in [5.41, 5.74) is 1.45. The summed E-state index contributed by atoms with van der Waals surface area (Å²) in [7, 11) is -1.49. The summed E-state index contributed by atoms with van der Waals surface area (Å²) in [5.74, 6) is 0. The molecule has 0 saturated heterocycles. The highest BCUT2D eigenvalue weighted by Crippen LogP contribution is 2.17. The lowest BCUT2D eigenvalue weighted by atomic mass is 10.3. The summed E-state index contributed by atoms with van der Waals surface area (Å²) in [6.07, 6.45) is 4.42. The molecule has 0 saturated carbocycles. The summed E-state index contributed by atoms with van der Waals surface area (Å²) >= 11 is 0. The summed E-state index contributed by atoms with van der Waals surface area (Å²) in [6, 6.07) is 5.43. The number of aryl methyl sites for hydroxylation is 1. The summed E-state index contributed by atoms with van der Waals surface area (Å²) in [4.78, 5) is 7.77. The van der Waals surface area contributed by atoms with Crippen molar-refractivity contribution in [2.75, 3.05) is 6.26 Å². The van der Waals surface area contributed by atoms with Crippen molar-refractivity contribution in [2.24, 2.45) is 7.05 Å². The van der Waals surface area contributed by atoms with Crippen LogP contribution in [0.1, 0.15) is 0 Å². The SMILES string of the molecule is Cn1cccc1-c1ccnc(S(C)(=O)=O)n1. The van der Waals surface area contributed by atoms with Crippen molar-refractivity contribution in [3.05, 3.63) is 30.6 Å². The predicted octanol–water partition coefficient (Wildman–Crippen LogP) is 0.886. The van der Waals surface area contributed by atoms with Crippen molar-refractivity contribution in [2.45, 2.75) is 5.16 Å². The number of aromatic nitrogens is 3. The lowest BCUT2D eigenvalue weighted by Crippen LogP contribution is -2.05. The van der Waals surface area contributed by atoms with Crippen LogP contribution >= 0.6 is 0 Å². The van der Waals surface area contributed by atoms with Gasteiger partial charge in [0.15, 0.2) is 0 Å². The van der Waals surface area contributed by atoms with E-state index in [4.69, 9.17) is 0 Å². The van der Waals surface area contributed by atoms with Crippen LogP contribution in [0.15, 0.2) is 35.7 Å². The van der Waals surface area contributed by atoms with Crippen LogP contribution in [-0.2, 0) is 16.9 Å². The van der Waals surface area contributed by atoms with Gasteiger partial charge >= 0.3 is 0 Å². The van der Waals surface area contributed by atoms with Gasteiger partial charge in [-0.2, -0.15) is 0 Å². The molecule has 0 fully saturated rings. The number of nitrogens with zero attached hydrogens (tertiary/aromatic N) is 3. The molecule has 0 aliphatic carbocycles. The molecule has 16 heavy (non-hydrogen) atoms. The maximum atomic E-state index is 11.3. The minimum absolute atomic E-state index is 0.147. The zero-order chi connectivity index (χ0) is 11.8. The molecule has 6 heteroatoms. The van der Waals surface area contributed by atoms with Crippen LogP contribution in [0.5, 0.6) is 0 Å². The second kappa shape index (κ2) is 3.71. The molecule has 0 unspecified atom stereocenters. The highest BCUT2D eigenvalue weighted by atomic mass is 32.2. The van der Waals surface area contributed by atoms with E-state index in [9.17, 15) is 8.42 Å². The lowest BCUT2D eigenvalue weighted by Gasteiger charge is -2.03. The van der Waals surface area contributed by atoms with E-state index >= 15 is 0 Å². The van der Waals surface area contributed by atoms with E-state index in [-0.39, 0.29) is 5.16 Å². The van der Waals surface area contributed by atoms with Gasteiger partial charge in [0.2, 0.25) is 15.0 Å². The summed E-state index contributed by atoms with van der Waals surface area (Å²) < 4.78 is 24.5. The Morgan fingerprint density at radius 2 is 2.06 bits per heavy atom. The molecule has 0 aliphatic heterocycles. The molecule has 0 spiro atoms. The van der Waals surface area contributed by atoms with E-state index in [1.54, 1.807) is 6.07 Å². The normalized spacial score (nSPS) is 11.6. The van der Waals surface area contributed by atoms with E-state index in [1.807, 2.05) is 29.9 Å². The zero-order valence-corrected chi connectivity index (χ0v) is 9.77. The van der Waals surface area contributed by atoms with Crippen LogP contribution in [0.3, 0.4) is 0 Å². The van der Waals surface area contributed by atoms with Crippen LogP contribution in [0.4, 0.5) is 0 Å². The lowest BCUT2D eigenvalue weighted by molar-refractivity contribution is 0.593. The molecular formula is C10H11N3O2S. The third-order valence-corrected chi connectivity index (χ3v) is 3.03. The van der Waals surface area contributed by atoms with Crippen LogP contribution in [-0.4, -0.2) is 29.2 Å². The molecule has 2 aromatic rings. The molecular weight excluding hydrogens is 226 g/mol. The van der Waals surface area contributed by atoms with E-state index in [2.05, 4.69) is 9.97 Å². The van der Waals surface area contributed by atoms with E-state index in [0.717, 1.165) is 11.9 Å². The second-order valence-corrected chi connectivity index (χ2v) is 5.41. The van der Waals surface area contributed by atoms with Gasteiger partial charge < -0.3 is 4.57 Å². The second-order valence-electron chi connectivity index (χ2n) is 3.50. The van der Waals surface area contributed by atoms with Crippen LogP contribution in [0.2, 0.25) is 0 Å². The van der Waals surface area contributed by atoms with Gasteiger partial charge in [-0.3, -0.25) is 0 Å². The van der Waals surface area contributed by atoms with E-state index in [1.165, 1.54) is 6.20 Å². The van der Waals surface area contributed by atoms with Crippen LogP contribution in [0.25, 0.3) is 11.4 Å². The van der Waals surface area contributed by atoms with Gasteiger partial charge in [0.25, 0.3) is 0 Å². The smallest absolute Gasteiger partial charge is 0.247 e. The molecule has 0 aromatic carbocycles. The molecule has 0 radical (unpaired) electrons. The quantitative estimate of drug-likeness (QED) is 0.727. The fraction of sp³-hybridized carbons (Fsp3) is 0.200.